The molecule has 0 radical (unpaired) electrons. The average molecular weight is 305 g/mol. The standard InChI is InChI=1S/C16H17ClN2O2/c1-11-10-12(17)6-7-13(11)16(21)19(8-9-20)15-5-3-2-4-14(15)18/h2-7,10,20H,8-9,18H2,1H3. The van der Waals surface area contributed by atoms with Crippen LogP contribution in [-0.4, -0.2) is 24.2 Å². The number of halogens is 1. The normalized spacial score (nSPS) is 10.4. The highest BCUT2D eigenvalue weighted by Gasteiger charge is 2.20. The third kappa shape index (κ3) is 3.35. The van der Waals surface area contributed by atoms with Gasteiger partial charge in [0.05, 0.1) is 18.0 Å². The number of aliphatic hydroxyl groups excluding tert-OH is 1. The molecule has 1 amide bonds. The predicted molar refractivity (Wildman–Crippen MR) is 85.8 cm³/mol. The summed E-state index contributed by atoms with van der Waals surface area (Å²) in [6.07, 6.45) is 0. The zero-order chi connectivity index (χ0) is 15.4. The van der Waals surface area contributed by atoms with Crippen LogP contribution in [0.2, 0.25) is 5.02 Å². The van der Waals surface area contributed by atoms with E-state index in [0.717, 1.165) is 5.56 Å². The highest BCUT2D eigenvalue weighted by atomic mass is 35.5. The van der Waals surface area contributed by atoms with Crippen LogP contribution in [0.25, 0.3) is 0 Å². The number of benzene rings is 2. The van der Waals surface area contributed by atoms with Crippen LogP contribution in [0.15, 0.2) is 42.5 Å². The minimum atomic E-state index is -0.212. The molecule has 5 heteroatoms. The van der Waals surface area contributed by atoms with Gasteiger partial charge in [0.25, 0.3) is 5.91 Å². The van der Waals surface area contributed by atoms with Crippen molar-refractivity contribution in [3.05, 3.63) is 58.6 Å². The first-order valence-electron chi connectivity index (χ1n) is 6.58. The van der Waals surface area contributed by atoms with E-state index in [9.17, 15) is 9.90 Å². The molecule has 0 aliphatic heterocycles. The van der Waals surface area contributed by atoms with Gasteiger partial charge in [-0.2, -0.15) is 0 Å². The summed E-state index contributed by atoms with van der Waals surface area (Å²) in [6, 6.07) is 12.2. The maximum Gasteiger partial charge on any atom is 0.258 e. The molecule has 0 unspecified atom stereocenters. The van der Waals surface area contributed by atoms with Crippen LogP contribution in [-0.2, 0) is 0 Å². The Hall–Kier alpha value is -2.04. The van der Waals surface area contributed by atoms with Gasteiger partial charge in [-0.15, -0.1) is 0 Å². The lowest BCUT2D eigenvalue weighted by molar-refractivity contribution is 0.0980. The van der Waals surface area contributed by atoms with Crippen molar-refractivity contribution in [2.45, 2.75) is 6.92 Å². The number of aryl methyl sites for hydroxylation is 1. The lowest BCUT2D eigenvalue weighted by Crippen LogP contribution is -2.34. The Morgan fingerprint density at radius 3 is 2.62 bits per heavy atom. The Kier molecular flexibility index (Phi) is 4.83. The first-order chi connectivity index (χ1) is 10.0. The molecule has 21 heavy (non-hydrogen) atoms. The second-order valence-corrected chi connectivity index (χ2v) is 5.13. The largest absolute Gasteiger partial charge is 0.397 e. The van der Waals surface area contributed by atoms with Crippen molar-refractivity contribution in [3.63, 3.8) is 0 Å². The van der Waals surface area contributed by atoms with E-state index < -0.39 is 0 Å². The SMILES string of the molecule is Cc1cc(Cl)ccc1C(=O)N(CCO)c1ccccc1N. The smallest absolute Gasteiger partial charge is 0.258 e. The number of para-hydroxylation sites is 2. The number of anilines is 2. The van der Waals surface area contributed by atoms with Gasteiger partial charge in [0.2, 0.25) is 0 Å². The van der Waals surface area contributed by atoms with Crippen LogP contribution < -0.4 is 10.6 Å². The fourth-order valence-electron chi connectivity index (χ4n) is 2.18. The summed E-state index contributed by atoms with van der Waals surface area (Å²) < 4.78 is 0. The summed E-state index contributed by atoms with van der Waals surface area (Å²) in [5.74, 6) is -0.212. The first kappa shape index (κ1) is 15.4. The molecule has 2 rings (SSSR count). The number of amides is 1. The van der Waals surface area contributed by atoms with Crippen molar-refractivity contribution in [2.24, 2.45) is 0 Å². The molecule has 3 N–H and O–H groups in total. The van der Waals surface area contributed by atoms with Gasteiger partial charge >= 0.3 is 0 Å². The van der Waals surface area contributed by atoms with Gasteiger partial charge in [0.15, 0.2) is 0 Å². The van der Waals surface area contributed by atoms with Crippen LogP contribution in [0.5, 0.6) is 0 Å². The van der Waals surface area contributed by atoms with Gasteiger partial charge in [0.1, 0.15) is 0 Å². The van der Waals surface area contributed by atoms with E-state index in [4.69, 9.17) is 17.3 Å². The summed E-state index contributed by atoms with van der Waals surface area (Å²) >= 11 is 5.92. The second kappa shape index (κ2) is 6.61. The summed E-state index contributed by atoms with van der Waals surface area (Å²) in [6.45, 7) is 1.85. The number of carbonyl (C=O) groups is 1. The van der Waals surface area contributed by atoms with E-state index in [0.29, 0.717) is 22.0 Å². The quantitative estimate of drug-likeness (QED) is 0.854. The van der Waals surface area contributed by atoms with E-state index >= 15 is 0 Å². The molecule has 0 saturated carbocycles. The zero-order valence-corrected chi connectivity index (χ0v) is 12.5. The highest BCUT2D eigenvalue weighted by Crippen LogP contribution is 2.25. The second-order valence-electron chi connectivity index (χ2n) is 4.70. The van der Waals surface area contributed by atoms with Crippen molar-refractivity contribution in [3.8, 4) is 0 Å². The predicted octanol–water partition coefficient (Wildman–Crippen LogP) is 2.87. The molecular weight excluding hydrogens is 288 g/mol. The van der Waals surface area contributed by atoms with Crippen LogP contribution in [0.1, 0.15) is 15.9 Å². The van der Waals surface area contributed by atoms with E-state index in [1.54, 1.807) is 42.5 Å². The van der Waals surface area contributed by atoms with Gasteiger partial charge < -0.3 is 15.7 Å². The first-order valence-corrected chi connectivity index (χ1v) is 6.95. The number of hydrogen-bond donors (Lipinski definition) is 2. The van der Waals surface area contributed by atoms with Gasteiger partial charge in [-0.05, 0) is 42.8 Å². The Balaban J connectivity index is 2.43. The lowest BCUT2D eigenvalue weighted by atomic mass is 10.1. The summed E-state index contributed by atoms with van der Waals surface area (Å²) in [5.41, 5.74) is 8.33. The number of rotatable bonds is 4. The molecule has 0 fully saturated rings. The van der Waals surface area contributed by atoms with E-state index in [1.165, 1.54) is 4.90 Å². The minimum absolute atomic E-state index is 0.146. The molecule has 0 aliphatic rings. The van der Waals surface area contributed by atoms with Crippen LogP contribution >= 0.6 is 11.6 Å². The molecule has 0 aliphatic carbocycles. The molecule has 0 spiro atoms. The lowest BCUT2D eigenvalue weighted by Gasteiger charge is -2.24. The van der Waals surface area contributed by atoms with Crippen molar-refractivity contribution in [2.75, 3.05) is 23.8 Å². The van der Waals surface area contributed by atoms with Gasteiger partial charge in [0, 0.05) is 17.1 Å². The summed E-state index contributed by atoms with van der Waals surface area (Å²) in [5, 5.41) is 9.82. The molecule has 0 atom stereocenters. The number of nitrogens with zero attached hydrogens (tertiary/aromatic N) is 1. The topological polar surface area (TPSA) is 66.6 Å². The maximum absolute atomic E-state index is 12.7. The Morgan fingerprint density at radius 1 is 1.29 bits per heavy atom. The Labute approximate surface area is 128 Å². The Morgan fingerprint density at radius 2 is 2.00 bits per heavy atom. The Bertz CT molecular complexity index is 658. The third-order valence-electron chi connectivity index (χ3n) is 3.22. The number of carbonyl (C=O) groups excluding carboxylic acids is 1. The zero-order valence-electron chi connectivity index (χ0n) is 11.7. The fraction of sp³-hybridized carbons (Fsp3) is 0.188. The molecule has 0 saturated heterocycles. The number of nitrogen functional groups attached to an aromatic ring is 1. The van der Waals surface area contributed by atoms with Crippen LogP contribution in [0.4, 0.5) is 11.4 Å². The van der Waals surface area contributed by atoms with E-state index in [-0.39, 0.29) is 19.1 Å². The van der Waals surface area contributed by atoms with E-state index in [1.807, 2.05) is 6.92 Å². The average Bonchev–Trinajstić information content (AvgIpc) is 2.45. The van der Waals surface area contributed by atoms with Crippen molar-refractivity contribution >= 4 is 28.9 Å². The molecule has 4 nitrogen and oxygen atoms in total. The third-order valence-corrected chi connectivity index (χ3v) is 3.45. The molecular formula is C16H17ClN2O2. The van der Waals surface area contributed by atoms with Crippen LogP contribution in [0, 0.1) is 6.92 Å². The fourth-order valence-corrected chi connectivity index (χ4v) is 2.40. The number of nitrogens with two attached hydrogens (primary N) is 1. The maximum atomic E-state index is 12.7. The highest BCUT2D eigenvalue weighted by molar-refractivity contribution is 6.30. The molecule has 0 aromatic heterocycles. The van der Waals surface area contributed by atoms with E-state index in [2.05, 4.69) is 0 Å². The van der Waals surface area contributed by atoms with Gasteiger partial charge in [-0.1, -0.05) is 23.7 Å². The van der Waals surface area contributed by atoms with Gasteiger partial charge in [-0.3, -0.25) is 4.79 Å². The monoisotopic (exact) mass is 304 g/mol. The molecule has 2 aromatic carbocycles. The molecule has 0 heterocycles. The van der Waals surface area contributed by atoms with Crippen molar-refractivity contribution in [1.82, 2.24) is 0 Å². The summed E-state index contributed by atoms with van der Waals surface area (Å²) in [7, 11) is 0. The minimum Gasteiger partial charge on any atom is -0.397 e. The number of aliphatic hydroxyl groups is 1. The van der Waals surface area contributed by atoms with Crippen molar-refractivity contribution in [1.29, 1.82) is 0 Å². The van der Waals surface area contributed by atoms with Gasteiger partial charge in [-0.25, -0.2) is 0 Å². The van der Waals surface area contributed by atoms with Crippen molar-refractivity contribution < 1.29 is 9.90 Å². The molecule has 2 aromatic rings. The summed E-state index contributed by atoms with van der Waals surface area (Å²) in [4.78, 5) is 14.2. The number of hydrogen-bond acceptors (Lipinski definition) is 3. The molecule has 0 bridgehead atoms. The van der Waals surface area contributed by atoms with Crippen LogP contribution in [0.3, 0.4) is 0 Å². The molecule has 110 valence electrons.